The van der Waals surface area contributed by atoms with E-state index in [0.29, 0.717) is 17.0 Å². The van der Waals surface area contributed by atoms with Crippen LogP contribution in [-0.4, -0.2) is 40.7 Å². The average Bonchev–Trinajstić information content (AvgIpc) is 3.10. The molecule has 0 aliphatic carbocycles. The van der Waals surface area contributed by atoms with Crippen molar-refractivity contribution in [2.45, 2.75) is 38.5 Å². The van der Waals surface area contributed by atoms with Gasteiger partial charge in [0.1, 0.15) is 6.04 Å². The SMILES string of the molecule is CC(=O)Oc1cc2c(cc1OC(C)=O)N(C(=O)CCSCc1ccccc1)C(C(=O)O)C2. The molecule has 0 fully saturated rings. The van der Waals surface area contributed by atoms with Crippen LogP contribution in [0.5, 0.6) is 11.5 Å². The van der Waals surface area contributed by atoms with Crippen molar-refractivity contribution in [1.82, 2.24) is 0 Å². The van der Waals surface area contributed by atoms with Crippen molar-refractivity contribution in [2.75, 3.05) is 10.7 Å². The molecule has 1 aliphatic heterocycles. The van der Waals surface area contributed by atoms with E-state index < -0.39 is 23.9 Å². The average molecular weight is 458 g/mol. The van der Waals surface area contributed by atoms with Gasteiger partial charge in [0, 0.05) is 44.3 Å². The number of carbonyl (C=O) groups excluding carboxylic acids is 3. The van der Waals surface area contributed by atoms with Gasteiger partial charge >= 0.3 is 17.9 Å². The molecule has 168 valence electrons. The summed E-state index contributed by atoms with van der Waals surface area (Å²) in [6.45, 7) is 2.39. The number of rotatable bonds is 8. The maximum absolute atomic E-state index is 13.0. The maximum atomic E-state index is 13.0. The van der Waals surface area contributed by atoms with Crippen molar-refractivity contribution < 1.29 is 33.8 Å². The van der Waals surface area contributed by atoms with E-state index in [9.17, 15) is 24.3 Å². The van der Waals surface area contributed by atoms with Crippen molar-refractivity contribution in [2.24, 2.45) is 0 Å². The first kappa shape index (κ1) is 23.3. The molecule has 0 saturated carbocycles. The number of thioether (sulfide) groups is 1. The molecular weight excluding hydrogens is 434 g/mol. The topological polar surface area (TPSA) is 110 Å². The highest BCUT2D eigenvalue weighted by atomic mass is 32.2. The van der Waals surface area contributed by atoms with Gasteiger partial charge in [-0.05, 0) is 17.2 Å². The number of carbonyl (C=O) groups is 4. The number of anilines is 1. The molecule has 1 amide bonds. The number of carboxylic acid groups (broad SMARTS) is 1. The van der Waals surface area contributed by atoms with Gasteiger partial charge in [-0.25, -0.2) is 4.79 Å². The number of aliphatic carboxylic acids is 1. The Morgan fingerprint density at radius 1 is 1.03 bits per heavy atom. The van der Waals surface area contributed by atoms with Crippen molar-refractivity contribution >= 4 is 41.3 Å². The summed E-state index contributed by atoms with van der Waals surface area (Å²) in [4.78, 5) is 49.0. The fourth-order valence-electron chi connectivity index (χ4n) is 3.47. The molecule has 1 N–H and O–H groups in total. The molecule has 2 aromatic carbocycles. The number of ether oxygens (including phenoxy) is 2. The predicted octanol–water partition coefficient (Wildman–Crippen LogP) is 3.20. The second-order valence-electron chi connectivity index (χ2n) is 7.23. The monoisotopic (exact) mass is 457 g/mol. The molecule has 0 aromatic heterocycles. The summed E-state index contributed by atoms with van der Waals surface area (Å²) in [7, 11) is 0. The van der Waals surface area contributed by atoms with Gasteiger partial charge in [-0.3, -0.25) is 19.3 Å². The van der Waals surface area contributed by atoms with Crippen LogP contribution in [-0.2, 0) is 31.4 Å². The summed E-state index contributed by atoms with van der Waals surface area (Å²) in [5.74, 6) is -1.52. The van der Waals surface area contributed by atoms with Crippen LogP contribution in [0.1, 0.15) is 31.4 Å². The highest BCUT2D eigenvalue weighted by Gasteiger charge is 2.39. The maximum Gasteiger partial charge on any atom is 0.327 e. The summed E-state index contributed by atoms with van der Waals surface area (Å²) in [6, 6.07) is 11.6. The second-order valence-corrected chi connectivity index (χ2v) is 8.33. The lowest BCUT2D eigenvalue weighted by molar-refractivity contribution is -0.140. The van der Waals surface area contributed by atoms with Crippen LogP contribution in [0.25, 0.3) is 0 Å². The van der Waals surface area contributed by atoms with E-state index in [0.717, 1.165) is 11.3 Å². The number of fused-ring (bicyclic) bond motifs is 1. The van der Waals surface area contributed by atoms with E-state index in [4.69, 9.17) is 9.47 Å². The zero-order chi connectivity index (χ0) is 23.3. The van der Waals surface area contributed by atoms with Crippen LogP contribution in [0.15, 0.2) is 42.5 Å². The first-order chi connectivity index (χ1) is 15.3. The number of nitrogens with zero attached hydrogens (tertiary/aromatic N) is 1. The van der Waals surface area contributed by atoms with Crippen LogP contribution in [0.2, 0.25) is 0 Å². The standard InChI is InChI=1S/C23H23NO7S/c1-14(25)30-20-11-17-10-19(23(28)29)24(18(17)12-21(20)31-15(2)26)22(27)8-9-32-13-16-6-4-3-5-7-16/h3-7,11-12,19H,8-10,13H2,1-2H3,(H,28,29). The van der Waals surface area contributed by atoms with E-state index in [-0.39, 0.29) is 30.2 Å². The number of hydrogen-bond acceptors (Lipinski definition) is 7. The molecule has 9 heteroatoms. The molecule has 1 heterocycles. The molecule has 1 aliphatic rings. The summed E-state index contributed by atoms with van der Waals surface area (Å²) in [5.41, 5.74) is 2.00. The van der Waals surface area contributed by atoms with Gasteiger partial charge in [0.05, 0.1) is 5.69 Å². The fourth-order valence-corrected chi connectivity index (χ4v) is 4.36. The Morgan fingerprint density at radius 3 is 2.25 bits per heavy atom. The van der Waals surface area contributed by atoms with E-state index >= 15 is 0 Å². The zero-order valence-corrected chi connectivity index (χ0v) is 18.5. The first-order valence-corrected chi connectivity index (χ1v) is 11.1. The third-order valence-corrected chi connectivity index (χ3v) is 5.79. The van der Waals surface area contributed by atoms with Crippen LogP contribution in [0, 0.1) is 0 Å². The Hall–Kier alpha value is -3.33. The minimum atomic E-state index is -1.14. The number of amides is 1. The van der Waals surface area contributed by atoms with E-state index in [2.05, 4.69) is 0 Å². The largest absolute Gasteiger partial charge is 0.480 e. The minimum absolute atomic E-state index is 0.00306. The second kappa shape index (κ2) is 10.3. The number of carboxylic acids is 1. The Labute approximate surface area is 189 Å². The van der Waals surface area contributed by atoms with Gasteiger partial charge in [0.25, 0.3) is 0 Å². The Balaban J connectivity index is 1.80. The van der Waals surface area contributed by atoms with Gasteiger partial charge in [0.15, 0.2) is 11.5 Å². The molecule has 1 atom stereocenters. The summed E-state index contributed by atoms with van der Waals surface area (Å²) >= 11 is 1.58. The van der Waals surface area contributed by atoms with Gasteiger partial charge in [-0.15, -0.1) is 0 Å². The molecule has 2 aromatic rings. The van der Waals surface area contributed by atoms with Gasteiger partial charge in [0.2, 0.25) is 5.91 Å². The third kappa shape index (κ3) is 5.67. The molecule has 3 rings (SSSR count). The van der Waals surface area contributed by atoms with Crippen LogP contribution >= 0.6 is 11.8 Å². The molecule has 1 unspecified atom stereocenters. The summed E-state index contributed by atoms with van der Waals surface area (Å²) < 4.78 is 10.3. The van der Waals surface area contributed by atoms with Crippen LogP contribution < -0.4 is 14.4 Å². The normalized spacial score (nSPS) is 14.6. The molecule has 0 radical (unpaired) electrons. The lowest BCUT2D eigenvalue weighted by Gasteiger charge is -2.23. The minimum Gasteiger partial charge on any atom is -0.480 e. The fraction of sp³-hybridized carbons (Fsp3) is 0.304. The predicted molar refractivity (Wildman–Crippen MR) is 119 cm³/mol. The molecule has 32 heavy (non-hydrogen) atoms. The third-order valence-electron chi connectivity index (χ3n) is 4.76. The highest BCUT2D eigenvalue weighted by Crippen LogP contribution is 2.41. The quantitative estimate of drug-likeness (QED) is 0.366. The summed E-state index contributed by atoms with van der Waals surface area (Å²) in [6.07, 6.45) is 0.206. The molecular formula is C23H23NO7S. The lowest BCUT2D eigenvalue weighted by Crippen LogP contribution is -2.43. The van der Waals surface area contributed by atoms with Crippen LogP contribution in [0.3, 0.4) is 0 Å². The van der Waals surface area contributed by atoms with Gasteiger partial charge in [-0.2, -0.15) is 11.8 Å². The smallest absolute Gasteiger partial charge is 0.327 e. The van der Waals surface area contributed by atoms with Crippen LogP contribution in [0.4, 0.5) is 5.69 Å². The highest BCUT2D eigenvalue weighted by molar-refractivity contribution is 7.98. The number of esters is 2. The van der Waals surface area contributed by atoms with Crippen molar-refractivity contribution in [3.63, 3.8) is 0 Å². The Bertz CT molecular complexity index is 1040. The Morgan fingerprint density at radius 2 is 1.66 bits per heavy atom. The van der Waals surface area contributed by atoms with E-state index in [1.165, 1.54) is 30.9 Å². The summed E-state index contributed by atoms with van der Waals surface area (Å²) in [5, 5.41) is 9.68. The number of hydrogen-bond donors (Lipinski definition) is 1. The zero-order valence-electron chi connectivity index (χ0n) is 17.7. The number of benzene rings is 2. The van der Waals surface area contributed by atoms with E-state index in [1.54, 1.807) is 11.8 Å². The lowest BCUT2D eigenvalue weighted by atomic mass is 10.1. The molecule has 0 spiro atoms. The molecule has 0 saturated heterocycles. The molecule has 0 bridgehead atoms. The Kier molecular flexibility index (Phi) is 7.53. The van der Waals surface area contributed by atoms with Crippen molar-refractivity contribution in [3.05, 3.63) is 53.6 Å². The van der Waals surface area contributed by atoms with Gasteiger partial charge in [-0.1, -0.05) is 30.3 Å². The van der Waals surface area contributed by atoms with Gasteiger partial charge < -0.3 is 14.6 Å². The van der Waals surface area contributed by atoms with E-state index in [1.807, 2.05) is 30.3 Å². The van der Waals surface area contributed by atoms with Crippen molar-refractivity contribution in [3.8, 4) is 11.5 Å². The van der Waals surface area contributed by atoms with Crippen molar-refractivity contribution in [1.29, 1.82) is 0 Å². The molecule has 8 nitrogen and oxygen atoms in total. The first-order valence-electron chi connectivity index (χ1n) is 9.96.